The molecule has 0 radical (unpaired) electrons. The van der Waals surface area contributed by atoms with Crippen LogP contribution in [0.3, 0.4) is 0 Å². The average Bonchev–Trinajstić information content (AvgIpc) is 3.55. The standard InChI is InChI=1S/C24H32N4O4.HI/c1-25-24(28-14-12-27(13-15-28)23(29)21-11-6-16-31-21)26-17-18-7-5-10-20(30-2)22(18)32-19-8-3-4-9-19;/h5-7,10-11,16,19H,3-4,8-9,12-15,17H2,1-2H3,(H,25,26);1H. The van der Waals surface area contributed by atoms with Gasteiger partial charge in [0.05, 0.1) is 19.5 Å². The Kier molecular flexibility index (Phi) is 9.28. The van der Waals surface area contributed by atoms with Gasteiger partial charge < -0.3 is 29.0 Å². The van der Waals surface area contributed by atoms with Crippen molar-refractivity contribution >= 4 is 35.8 Å². The van der Waals surface area contributed by atoms with Gasteiger partial charge in [-0.1, -0.05) is 12.1 Å². The summed E-state index contributed by atoms with van der Waals surface area (Å²) in [6, 6.07) is 9.43. The molecule has 1 aliphatic carbocycles. The minimum absolute atomic E-state index is 0. The Hall–Kier alpha value is -2.43. The molecule has 2 fully saturated rings. The van der Waals surface area contributed by atoms with Gasteiger partial charge in [0.15, 0.2) is 23.2 Å². The van der Waals surface area contributed by atoms with Crippen molar-refractivity contribution in [1.29, 1.82) is 0 Å². The third kappa shape index (κ3) is 6.13. The second kappa shape index (κ2) is 12.2. The predicted molar refractivity (Wildman–Crippen MR) is 138 cm³/mol. The minimum Gasteiger partial charge on any atom is -0.493 e. The van der Waals surface area contributed by atoms with Crippen molar-refractivity contribution in [3.63, 3.8) is 0 Å². The van der Waals surface area contributed by atoms with Crippen molar-refractivity contribution in [1.82, 2.24) is 15.1 Å². The van der Waals surface area contributed by atoms with Crippen molar-refractivity contribution in [2.45, 2.75) is 38.3 Å². The van der Waals surface area contributed by atoms with Crippen molar-refractivity contribution in [3.05, 3.63) is 47.9 Å². The molecule has 1 saturated carbocycles. The fraction of sp³-hybridized carbons (Fsp3) is 0.500. The minimum atomic E-state index is -0.0670. The van der Waals surface area contributed by atoms with E-state index in [1.807, 2.05) is 17.0 Å². The Morgan fingerprint density at radius 3 is 2.48 bits per heavy atom. The summed E-state index contributed by atoms with van der Waals surface area (Å²) in [5.41, 5.74) is 1.05. The van der Waals surface area contributed by atoms with Crippen molar-refractivity contribution < 1.29 is 18.7 Å². The number of ether oxygens (including phenoxy) is 2. The van der Waals surface area contributed by atoms with E-state index in [-0.39, 0.29) is 36.0 Å². The number of hydrogen-bond acceptors (Lipinski definition) is 5. The molecular weight excluding hydrogens is 535 g/mol. The molecule has 2 aromatic rings. The molecule has 1 saturated heterocycles. The predicted octanol–water partition coefficient (Wildman–Crippen LogP) is 3.76. The molecule has 9 heteroatoms. The number of methoxy groups -OCH3 is 1. The van der Waals surface area contributed by atoms with Crippen LogP contribution < -0.4 is 14.8 Å². The van der Waals surface area contributed by atoms with E-state index in [9.17, 15) is 4.79 Å². The molecular formula is C24H33IN4O4. The SMILES string of the molecule is CN=C(NCc1cccc(OC)c1OC1CCCC1)N1CCN(C(=O)c2ccco2)CC1.I. The fourth-order valence-electron chi connectivity index (χ4n) is 4.35. The van der Waals surface area contributed by atoms with Gasteiger partial charge in [0.25, 0.3) is 5.91 Å². The molecule has 0 unspecified atom stereocenters. The lowest BCUT2D eigenvalue weighted by atomic mass is 10.1. The molecule has 2 aliphatic rings. The number of benzene rings is 1. The van der Waals surface area contributed by atoms with E-state index in [2.05, 4.69) is 21.3 Å². The molecule has 33 heavy (non-hydrogen) atoms. The summed E-state index contributed by atoms with van der Waals surface area (Å²) in [7, 11) is 3.46. The van der Waals surface area contributed by atoms with Gasteiger partial charge in [0, 0.05) is 45.3 Å². The van der Waals surface area contributed by atoms with Gasteiger partial charge in [-0.15, -0.1) is 24.0 Å². The first-order chi connectivity index (χ1) is 15.7. The number of piperazine rings is 1. The number of nitrogens with zero attached hydrogens (tertiary/aromatic N) is 3. The summed E-state index contributed by atoms with van der Waals surface area (Å²) in [6.45, 7) is 3.23. The number of aliphatic imine (C=N–C) groups is 1. The third-order valence-electron chi connectivity index (χ3n) is 6.11. The maximum atomic E-state index is 12.5. The number of guanidine groups is 1. The van der Waals surface area contributed by atoms with E-state index in [4.69, 9.17) is 13.9 Å². The van der Waals surface area contributed by atoms with Crippen LogP contribution in [0, 0.1) is 0 Å². The van der Waals surface area contributed by atoms with E-state index >= 15 is 0 Å². The lowest BCUT2D eigenvalue weighted by Gasteiger charge is -2.36. The highest BCUT2D eigenvalue weighted by Crippen LogP contribution is 2.34. The summed E-state index contributed by atoms with van der Waals surface area (Å²) >= 11 is 0. The normalized spacial score (nSPS) is 17.0. The molecule has 0 spiro atoms. The number of rotatable bonds is 6. The maximum absolute atomic E-state index is 12.5. The molecule has 0 bridgehead atoms. The topological polar surface area (TPSA) is 79.5 Å². The number of hydrogen-bond donors (Lipinski definition) is 1. The molecule has 0 atom stereocenters. The summed E-state index contributed by atoms with van der Waals surface area (Å²) in [5, 5.41) is 3.46. The molecule has 1 N–H and O–H groups in total. The van der Waals surface area contributed by atoms with Crippen molar-refractivity contribution in [3.8, 4) is 11.5 Å². The number of carbonyl (C=O) groups is 1. The van der Waals surface area contributed by atoms with Gasteiger partial charge in [-0.05, 0) is 43.9 Å². The maximum Gasteiger partial charge on any atom is 0.289 e. The van der Waals surface area contributed by atoms with Crippen LogP contribution in [0.5, 0.6) is 11.5 Å². The molecule has 4 rings (SSSR count). The number of carbonyl (C=O) groups excluding carboxylic acids is 1. The average molecular weight is 568 g/mol. The number of furan rings is 1. The number of nitrogens with one attached hydrogen (secondary N) is 1. The molecule has 1 aromatic heterocycles. The lowest BCUT2D eigenvalue weighted by Crippen LogP contribution is -2.53. The van der Waals surface area contributed by atoms with Crippen molar-refractivity contribution in [2.75, 3.05) is 40.3 Å². The lowest BCUT2D eigenvalue weighted by molar-refractivity contribution is 0.0657. The Labute approximate surface area is 212 Å². The zero-order valence-electron chi connectivity index (χ0n) is 19.3. The summed E-state index contributed by atoms with van der Waals surface area (Å²) in [6.07, 6.45) is 6.40. The summed E-state index contributed by atoms with van der Waals surface area (Å²) in [5.74, 6) is 2.70. The molecule has 1 aromatic carbocycles. The fourth-order valence-corrected chi connectivity index (χ4v) is 4.35. The van der Waals surface area contributed by atoms with Crippen molar-refractivity contribution in [2.24, 2.45) is 4.99 Å². The number of para-hydroxylation sites is 1. The van der Waals surface area contributed by atoms with Gasteiger partial charge in [-0.3, -0.25) is 9.79 Å². The first kappa shape index (κ1) is 25.2. The van der Waals surface area contributed by atoms with Gasteiger partial charge in [-0.25, -0.2) is 0 Å². The van der Waals surface area contributed by atoms with Crippen LogP contribution in [-0.4, -0.2) is 68.1 Å². The zero-order chi connectivity index (χ0) is 22.3. The second-order valence-electron chi connectivity index (χ2n) is 8.13. The largest absolute Gasteiger partial charge is 0.493 e. The molecule has 1 amide bonds. The van der Waals surface area contributed by atoms with Crippen LogP contribution in [-0.2, 0) is 6.54 Å². The first-order valence-electron chi connectivity index (χ1n) is 11.3. The van der Waals surface area contributed by atoms with Crippen LogP contribution in [0.25, 0.3) is 0 Å². The van der Waals surface area contributed by atoms with Crippen LogP contribution in [0.2, 0.25) is 0 Å². The Balaban J connectivity index is 0.00000306. The van der Waals surface area contributed by atoms with Gasteiger partial charge in [0.1, 0.15) is 0 Å². The van der Waals surface area contributed by atoms with Crippen LogP contribution in [0.15, 0.2) is 46.0 Å². The van der Waals surface area contributed by atoms with Crippen LogP contribution >= 0.6 is 24.0 Å². The zero-order valence-corrected chi connectivity index (χ0v) is 21.6. The van der Waals surface area contributed by atoms with Crippen LogP contribution in [0.1, 0.15) is 41.8 Å². The Morgan fingerprint density at radius 2 is 1.85 bits per heavy atom. The highest BCUT2D eigenvalue weighted by molar-refractivity contribution is 14.0. The smallest absolute Gasteiger partial charge is 0.289 e. The quantitative estimate of drug-likeness (QED) is 0.325. The number of halogens is 1. The van der Waals surface area contributed by atoms with E-state index < -0.39 is 0 Å². The summed E-state index contributed by atoms with van der Waals surface area (Å²) < 4.78 is 17.2. The van der Waals surface area contributed by atoms with E-state index in [0.29, 0.717) is 38.5 Å². The molecule has 1 aliphatic heterocycles. The van der Waals surface area contributed by atoms with Gasteiger partial charge >= 0.3 is 0 Å². The van der Waals surface area contributed by atoms with Gasteiger partial charge in [-0.2, -0.15) is 0 Å². The molecule has 8 nitrogen and oxygen atoms in total. The second-order valence-corrected chi connectivity index (χ2v) is 8.13. The van der Waals surface area contributed by atoms with E-state index in [1.54, 1.807) is 26.3 Å². The molecule has 180 valence electrons. The van der Waals surface area contributed by atoms with Gasteiger partial charge in [0.2, 0.25) is 0 Å². The third-order valence-corrected chi connectivity index (χ3v) is 6.11. The Bertz CT molecular complexity index is 921. The highest BCUT2D eigenvalue weighted by atomic mass is 127. The first-order valence-corrected chi connectivity index (χ1v) is 11.3. The van der Waals surface area contributed by atoms with E-state index in [1.165, 1.54) is 19.1 Å². The Morgan fingerprint density at radius 1 is 1.12 bits per heavy atom. The van der Waals surface area contributed by atoms with E-state index in [0.717, 1.165) is 35.9 Å². The molecule has 2 heterocycles. The number of amides is 1. The monoisotopic (exact) mass is 568 g/mol. The summed E-state index contributed by atoms with van der Waals surface area (Å²) in [4.78, 5) is 20.9. The van der Waals surface area contributed by atoms with Crippen LogP contribution in [0.4, 0.5) is 0 Å². The highest BCUT2D eigenvalue weighted by Gasteiger charge is 2.26.